The van der Waals surface area contributed by atoms with E-state index in [9.17, 15) is 8.42 Å². The number of nitrogens with zero attached hydrogens (tertiary/aromatic N) is 5. The van der Waals surface area contributed by atoms with E-state index in [4.69, 9.17) is 4.52 Å². The minimum Gasteiger partial charge on any atom is -0.337 e. The van der Waals surface area contributed by atoms with Gasteiger partial charge in [-0.15, -0.1) is 5.10 Å². The molecule has 0 aliphatic rings. The lowest BCUT2D eigenvalue weighted by molar-refractivity contribution is 0.311. The zero-order valence-electron chi connectivity index (χ0n) is 16.1. The maximum atomic E-state index is 12.7. The molecule has 0 amide bonds. The van der Waals surface area contributed by atoms with Gasteiger partial charge in [0.05, 0.1) is 10.4 Å². The van der Waals surface area contributed by atoms with Crippen LogP contribution in [0, 0.1) is 5.92 Å². The van der Waals surface area contributed by atoms with Crippen molar-refractivity contribution < 1.29 is 12.9 Å². The molecule has 29 heavy (non-hydrogen) atoms. The highest BCUT2D eigenvalue weighted by Crippen LogP contribution is 2.26. The number of sulfonamides is 1. The first-order chi connectivity index (χ1) is 13.8. The fourth-order valence-corrected chi connectivity index (χ4v) is 4.32. The Bertz CT molecular complexity index is 1250. The average molecular weight is 412 g/mol. The van der Waals surface area contributed by atoms with Gasteiger partial charge < -0.3 is 4.52 Å². The second kappa shape index (κ2) is 7.37. The third-order valence-electron chi connectivity index (χ3n) is 4.58. The summed E-state index contributed by atoms with van der Waals surface area (Å²) in [4.78, 5) is 4.61. The third kappa shape index (κ3) is 3.76. The van der Waals surface area contributed by atoms with Crippen LogP contribution < -0.4 is 4.72 Å². The topological polar surface area (TPSA) is 116 Å². The van der Waals surface area contributed by atoms with Crippen molar-refractivity contribution in [3.05, 3.63) is 54.4 Å². The molecule has 0 saturated heterocycles. The van der Waals surface area contributed by atoms with E-state index in [0.29, 0.717) is 16.9 Å². The molecule has 0 fully saturated rings. The largest absolute Gasteiger partial charge is 0.337 e. The molecule has 4 rings (SSSR count). The van der Waals surface area contributed by atoms with Gasteiger partial charge in [-0.25, -0.2) is 13.1 Å². The van der Waals surface area contributed by atoms with E-state index in [0.717, 1.165) is 5.52 Å². The molecule has 0 spiro atoms. The molecule has 0 unspecified atom stereocenters. The van der Waals surface area contributed by atoms with E-state index in [1.807, 2.05) is 39.1 Å². The minimum atomic E-state index is -3.73. The maximum absolute atomic E-state index is 12.7. The van der Waals surface area contributed by atoms with Gasteiger partial charge in [0.25, 0.3) is 0 Å². The number of aromatic nitrogens is 5. The molecule has 10 heteroatoms. The molecule has 0 aliphatic heterocycles. The molecule has 0 radical (unpaired) electrons. The van der Waals surface area contributed by atoms with Gasteiger partial charge in [-0.1, -0.05) is 42.4 Å². The van der Waals surface area contributed by atoms with Gasteiger partial charge in [0.2, 0.25) is 21.7 Å². The molecule has 1 N–H and O–H groups in total. The Morgan fingerprint density at radius 1 is 1.10 bits per heavy atom. The maximum Gasteiger partial charge on any atom is 0.245 e. The molecule has 0 aliphatic carbocycles. The van der Waals surface area contributed by atoms with E-state index >= 15 is 0 Å². The number of nitrogens with one attached hydrogen (secondary N) is 1. The van der Waals surface area contributed by atoms with Gasteiger partial charge in [0.1, 0.15) is 11.6 Å². The molecule has 4 aromatic rings. The Balaban J connectivity index is 1.64. The lowest BCUT2D eigenvalue weighted by Crippen LogP contribution is -2.32. The molecule has 0 bridgehead atoms. The lowest BCUT2D eigenvalue weighted by atomic mass is 10.1. The van der Waals surface area contributed by atoms with Crippen LogP contribution in [-0.4, -0.2) is 33.6 Å². The molecule has 9 nitrogen and oxygen atoms in total. The van der Waals surface area contributed by atoms with E-state index in [-0.39, 0.29) is 16.7 Å². The second-order valence-corrected chi connectivity index (χ2v) is 8.74. The van der Waals surface area contributed by atoms with Crippen molar-refractivity contribution in [1.29, 1.82) is 0 Å². The Morgan fingerprint density at radius 3 is 2.59 bits per heavy atom. The summed E-state index contributed by atoms with van der Waals surface area (Å²) in [7, 11) is -1.92. The van der Waals surface area contributed by atoms with Crippen molar-refractivity contribution >= 4 is 21.1 Å². The van der Waals surface area contributed by atoms with Crippen molar-refractivity contribution in [1.82, 2.24) is 29.9 Å². The number of fused-ring (bicyclic) bond motifs is 1. The highest BCUT2D eigenvalue weighted by molar-refractivity contribution is 7.89. The highest BCUT2D eigenvalue weighted by Gasteiger charge is 2.28. The van der Waals surface area contributed by atoms with Gasteiger partial charge in [0.15, 0.2) is 0 Å². The standard InChI is InChI=1S/C19H20N6O3S/c1-12(2)17(23-29(26,27)14-7-5-4-6-8-14)19-20-18(22-28-19)13-9-10-16-15(11-13)21-24-25(16)3/h4-12,17,23H,1-3H3/t17-/m0/s1. The quantitative estimate of drug-likeness (QED) is 0.517. The summed E-state index contributed by atoms with van der Waals surface area (Å²) in [6.45, 7) is 3.77. The van der Waals surface area contributed by atoms with E-state index < -0.39 is 16.1 Å². The molecule has 2 aromatic heterocycles. The van der Waals surface area contributed by atoms with Crippen molar-refractivity contribution in [3.63, 3.8) is 0 Å². The van der Waals surface area contributed by atoms with Gasteiger partial charge in [-0.2, -0.15) is 9.71 Å². The number of aryl methyl sites for hydroxylation is 1. The predicted molar refractivity (Wildman–Crippen MR) is 106 cm³/mol. The Hall–Kier alpha value is -3.11. The monoisotopic (exact) mass is 412 g/mol. The van der Waals surface area contributed by atoms with Crippen LogP contribution in [0.1, 0.15) is 25.8 Å². The van der Waals surface area contributed by atoms with Gasteiger partial charge in [-0.05, 0) is 36.2 Å². The first-order valence-corrected chi connectivity index (χ1v) is 10.5. The van der Waals surface area contributed by atoms with Gasteiger partial charge in [0, 0.05) is 12.6 Å². The fourth-order valence-electron chi connectivity index (χ4n) is 2.96. The normalized spacial score (nSPS) is 13.2. The van der Waals surface area contributed by atoms with Crippen LogP contribution in [0.4, 0.5) is 0 Å². The predicted octanol–water partition coefficient (Wildman–Crippen LogP) is 2.69. The third-order valence-corrected chi connectivity index (χ3v) is 6.04. The zero-order chi connectivity index (χ0) is 20.6. The second-order valence-electron chi connectivity index (χ2n) is 7.03. The average Bonchev–Trinajstić information content (AvgIpc) is 3.34. The number of hydrogen-bond donors (Lipinski definition) is 1. The fraction of sp³-hybridized carbons (Fsp3) is 0.263. The smallest absolute Gasteiger partial charge is 0.245 e. The summed E-state index contributed by atoms with van der Waals surface area (Å²) in [5.74, 6) is 0.454. The van der Waals surface area contributed by atoms with Crippen LogP contribution in [0.5, 0.6) is 0 Å². The summed E-state index contributed by atoms with van der Waals surface area (Å²) in [6.07, 6.45) is 0. The number of rotatable bonds is 6. The summed E-state index contributed by atoms with van der Waals surface area (Å²) in [5.41, 5.74) is 2.30. The lowest BCUT2D eigenvalue weighted by Gasteiger charge is -2.18. The summed E-state index contributed by atoms with van der Waals surface area (Å²) in [6, 6.07) is 13.1. The zero-order valence-corrected chi connectivity index (χ0v) is 17.0. The molecule has 150 valence electrons. The van der Waals surface area contributed by atoms with Crippen LogP contribution in [-0.2, 0) is 17.1 Å². The molecular weight excluding hydrogens is 392 g/mol. The van der Waals surface area contributed by atoms with Crippen LogP contribution in [0.3, 0.4) is 0 Å². The molecule has 2 heterocycles. The number of benzene rings is 2. The molecular formula is C19H20N6O3S. The molecule has 0 saturated carbocycles. The SMILES string of the molecule is CC(C)[C@H](NS(=O)(=O)c1ccccc1)c1nc(-c2ccc3c(c2)nnn3C)no1. The van der Waals surface area contributed by atoms with Crippen LogP contribution >= 0.6 is 0 Å². The first-order valence-electron chi connectivity index (χ1n) is 9.06. The molecule has 2 aromatic carbocycles. The van der Waals surface area contributed by atoms with Crippen molar-refractivity contribution in [2.75, 3.05) is 0 Å². The summed E-state index contributed by atoms with van der Waals surface area (Å²) < 4.78 is 35.2. The Labute approximate surface area is 167 Å². The van der Waals surface area contributed by atoms with E-state index in [1.54, 1.807) is 22.9 Å². The first kappa shape index (κ1) is 19.2. The Morgan fingerprint density at radius 2 is 1.86 bits per heavy atom. The minimum absolute atomic E-state index is 0.107. The van der Waals surface area contributed by atoms with Crippen molar-refractivity contribution in [2.24, 2.45) is 13.0 Å². The Kier molecular flexibility index (Phi) is 4.89. The van der Waals surface area contributed by atoms with Crippen LogP contribution in [0.25, 0.3) is 22.4 Å². The van der Waals surface area contributed by atoms with Gasteiger partial charge in [-0.3, -0.25) is 0 Å². The van der Waals surface area contributed by atoms with E-state index in [2.05, 4.69) is 25.2 Å². The van der Waals surface area contributed by atoms with Crippen LogP contribution in [0.2, 0.25) is 0 Å². The van der Waals surface area contributed by atoms with Crippen molar-refractivity contribution in [2.45, 2.75) is 24.8 Å². The number of hydrogen-bond acceptors (Lipinski definition) is 7. The van der Waals surface area contributed by atoms with Gasteiger partial charge >= 0.3 is 0 Å². The highest BCUT2D eigenvalue weighted by atomic mass is 32.2. The van der Waals surface area contributed by atoms with E-state index in [1.165, 1.54) is 12.1 Å². The van der Waals surface area contributed by atoms with Crippen LogP contribution in [0.15, 0.2) is 57.9 Å². The summed E-state index contributed by atoms with van der Waals surface area (Å²) >= 11 is 0. The molecule has 1 atom stereocenters. The van der Waals surface area contributed by atoms with Crippen molar-refractivity contribution in [3.8, 4) is 11.4 Å². The summed E-state index contributed by atoms with van der Waals surface area (Å²) in [5, 5.41) is 12.1.